The molecule has 3 aromatic rings. The van der Waals surface area contributed by atoms with E-state index in [9.17, 15) is 9.59 Å². The molecule has 0 fully saturated rings. The highest BCUT2D eigenvalue weighted by Crippen LogP contribution is 2.20. The molecule has 0 radical (unpaired) electrons. The molecule has 0 aliphatic rings. The molecule has 5 nitrogen and oxygen atoms in total. The fraction of sp³-hybridized carbons (Fsp3) is 0.118. The Morgan fingerprint density at radius 3 is 2.74 bits per heavy atom. The molecule has 1 N–H and O–H groups in total. The highest BCUT2D eigenvalue weighted by atomic mass is 32.1. The molecule has 0 saturated carbocycles. The molecular formula is C17H14N2O3S. The number of esters is 1. The van der Waals surface area contributed by atoms with E-state index in [4.69, 9.17) is 4.74 Å². The fourth-order valence-corrected chi connectivity index (χ4v) is 2.75. The molecule has 0 saturated heterocycles. The molecule has 6 heteroatoms. The summed E-state index contributed by atoms with van der Waals surface area (Å²) in [6, 6.07) is 14.1. The van der Waals surface area contributed by atoms with Crippen LogP contribution in [0.5, 0.6) is 0 Å². The minimum Gasteiger partial charge on any atom is -0.449 e. The summed E-state index contributed by atoms with van der Waals surface area (Å²) in [5.74, 6) is -0.903. The molecule has 1 heterocycles. The summed E-state index contributed by atoms with van der Waals surface area (Å²) in [6.07, 6.45) is -0.889. The van der Waals surface area contributed by atoms with Crippen LogP contribution in [0, 0.1) is 0 Å². The third-order valence-corrected chi connectivity index (χ3v) is 4.05. The van der Waals surface area contributed by atoms with Crippen LogP contribution in [0.2, 0.25) is 0 Å². The first-order chi connectivity index (χ1) is 11.1. The minimum absolute atomic E-state index is 0.372. The Morgan fingerprint density at radius 1 is 1.17 bits per heavy atom. The van der Waals surface area contributed by atoms with E-state index in [0.29, 0.717) is 11.3 Å². The Morgan fingerprint density at radius 2 is 1.96 bits per heavy atom. The van der Waals surface area contributed by atoms with Crippen LogP contribution < -0.4 is 5.32 Å². The summed E-state index contributed by atoms with van der Waals surface area (Å²) in [5.41, 5.74) is 3.62. The highest BCUT2D eigenvalue weighted by molar-refractivity contribution is 7.16. The predicted molar refractivity (Wildman–Crippen MR) is 89.6 cm³/mol. The first-order valence-corrected chi connectivity index (χ1v) is 7.91. The van der Waals surface area contributed by atoms with Crippen molar-refractivity contribution in [3.05, 3.63) is 59.6 Å². The quantitative estimate of drug-likeness (QED) is 0.745. The van der Waals surface area contributed by atoms with Gasteiger partial charge in [-0.2, -0.15) is 0 Å². The van der Waals surface area contributed by atoms with Gasteiger partial charge in [-0.1, -0.05) is 18.2 Å². The van der Waals surface area contributed by atoms with E-state index in [1.54, 1.807) is 42.8 Å². The number of benzene rings is 2. The summed E-state index contributed by atoms with van der Waals surface area (Å²) in [7, 11) is 0. The van der Waals surface area contributed by atoms with Gasteiger partial charge in [-0.25, -0.2) is 9.78 Å². The van der Waals surface area contributed by atoms with E-state index in [1.165, 1.54) is 11.3 Å². The average molecular weight is 326 g/mol. The number of fused-ring (bicyclic) bond motifs is 1. The van der Waals surface area contributed by atoms with Crippen LogP contribution >= 0.6 is 11.3 Å². The highest BCUT2D eigenvalue weighted by Gasteiger charge is 2.19. The molecule has 1 amide bonds. The number of carbonyl (C=O) groups excluding carboxylic acids is 2. The molecule has 116 valence electrons. The standard InChI is InChI=1S/C17H14N2O3S/c1-11(16(20)19-13-5-3-2-4-6-13)22-17(21)12-7-8-14-15(9-12)23-10-18-14/h2-11H,1H3,(H,19,20). The first kappa shape index (κ1) is 15.2. The van der Waals surface area contributed by atoms with Gasteiger partial charge in [-0.05, 0) is 37.3 Å². The summed E-state index contributed by atoms with van der Waals surface area (Å²) in [6.45, 7) is 1.54. The molecular weight excluding hydrogens is 312 g/mol. The number of nitrogens with zero attached hydrogens (tertiary/aromatic N) is 1. The summed E-state index contributed by atoms with van der Waals surface area (Å²) in [4.78, 5) is 28.4. The maximum atomic E-state index is 12.2. The molecule has 2 aromatic carbocycles. The number of rotatable bonds is 4. The second-order valence-corrected chi connectivity index (χ2v) is 5.82. The molecule has 0 spiro atoms. The maximum Gasteiger partial charge on any atom is 0.338 e. The number of hydrogen-bond donors (Lipinski definition) is 1. The average Bonchev–Trinajstić information content (AvgIpc) is 3.03. The van der Waals surface area contributed by atoms with Crippen LogP contribution in [0.1, 0.15) is 17.3 Å². The number of carbonyl (C=O) groups is 2. The van der Waals surface area contributed by atoms with Gasteiger partial charge in [0.05, 0.1) is 21.3 Å². The van der Waals surface area contributed by atoms with E-state index >= 15 is 0 Å². The summed E-state index contributed by atoms with van der Waals surface area (Å²) in [5, 5.41) is 2.70. The number of anilines is 1. The Kier molecular flexibility index (Phi) is 4.34. The van der Waals surface area contributed by atoms with Crippen LogP contribution in [0.15, 0.2) is 54.0 Å². The van der Waals surface area contributed by atoms with E-state index < -0.39 is 12.1 Å². The molecule has 0 aliphatic heterocycles. The lowest BCUT2D eigenvalue weighted by Crippen LogP contribution is -2.29. The van der Waals surface area contributed by atoms with E-state index in [-0.39, 0.29) is 5.91 Å². The van der Waals surface area contributed by atoms with Crippen molar-refractivity contribution in [2.45, 2.75) is 13.0 Å². The summed E-state index contributed by atoms with van der Waals surface area (Å²) >= 11 is 1.45. The largest absolute Gasteiger partial charge is 0.449 e. The Hall–Kier alpha value is -2.73. The Balaban J connectivity index is 1.65. The van der Waals surface area contributed by atoms with Crippen molar-refractivity contribution in [1.82, 2.24) is 4.98 Å². The number of nitrogens with one attached hydrogen (secondary N) is 1. The molecule has 23 heavy (non-hydrogen) atoms. The van der Waals surface area contributed by atoms with Gasteiger partial charge in [0.15, 0.2) is 6.10 Å². The second-order valence-electron chi connectivity index (χ2n) is 4.94. The van der Waals surface area contributed by atoms with Crippen molar-refractivity contribution in [3.8, 4) is 0 Å². The molecule has 3 rings (SSSR count). The van der Waals surface area contributed by atoms with Gasteiger partial charge in [0.1, 0.15) is 0 Å². The van der Waals surface area contributed by atoms with E-state index in [1.807, 2.05) is 18.2 Å². The van der Waals surface area contributed by atoms with Gasteiger partial charge in [0, 0.05) is 5.69 Å². The fourth-order valence-electron chi connectivity index (χ4n) is 2.03. The van der Waals surface area contributed by atoms with Crippen molar-refractivity contribution in [2.75, 3.05) is 5.32 Å². The van der Waals surface area contributed by atoms with Gasteiger partial charge in [-0.3, -0.25) is 4.79 Å². The van der Waals surface area contributed by atoms with E-state index in [2.05, 4.69) is 10.3 Å². The van der Waals surface area contributed by atoms with Gasteiger partial charge < -0.3 is 10.1 Å². The molecule has 0 aliphatic carbocycles. The molecule has 0 bridgehead atoms. The number of aromatic nitrogens is 1. The lowest BCUT2D eigenvalue weighted by Gasteiger charge is -2.13. The van der Waals surface area contributed by atoms with Crippen molar-refractivity contribution in [3.63, 3.8) is 0 Å². The first-order valence-electron chi connectivity index (χ1n) is 7.03. The van der Waals surface area contributed by atoms with Crippen molar-refractivity contribution in [2.24, 2.45) is 0 Å². The third-order valence-electron chi connectivity index (χ3n) is 3.26. The Bertz CT molecular complexity index is 845. The lowest BCUT2D eigenvalue weighted by molar-refractivity contribution is -0.123. The minimum atomic E-state index is -0.889. The van der Waals surface area contributed by atoms with Gasteiger partial charge in [0.25, 0.3) is 5.91 Å². The van der Waals surface area contributed by atoms with Gasteiger partial charge >= 0.3 is 5.97 Å². The normalized spacial score (nSPS) is 11.9. The van der Waals surface area contributed by atoms with Crippen LogP contribution in [-0.2, 0) is 9.53 Å². The maximum absolute atomic E-state index is 12.2. The zero-order chi connectivity index (χ0) is 16.2. The smallest absolute Gasteiger partial charge is 0.338 e. The lowest BCUT2D eigenvalue weighted by atomic mass is 10.2. The van der Waals surface area contributed by atoms with Crippen LogP contribution in [-0.4, -0.2) is 23.0 Å². The number of thiazole rings is 1. The zero-order valence-corrected chi connectivity index (χ0v) is 13.2. The monoisotopic (exact) mass is 326 g/mol. The van der Waals surface area contributed by atoms with Crippen LogP contribution in [0.25, 0.3) is 10.2 Å². The number of amides is 1. The SMILES string of the molecule is CC(OC(=O)c1ccc2ncsc2c1)C(=O)Nc1ccccc1. The topological polar surface area (TPSA) is 68.3 Å². The van der Waals surface area contributed by atoms with Crippen LogP contribution in [0.3, 0.4) is 0 Å². The zero-order valence-electron chi connectivity index (χ0n) is 12.4. The van der Waals surface area contributed by atoms with Crippen LogP contribution in [0.4, 0.5) is 5.69 Å². The number of hydrogen-bond acceptors (Lipinski definition) is 5. The van der Waals surface area contributed by atoms with Crippen molar-refractivity contribution >= 4 is 39.1 Å². The Labute approximate surface area is 136 Å². The van der Waals surface area contributed by atoms with Crippen molar-refractivity contribution < 1.29 is 14.3 Å². The third kappa shape index (κ3) is 3.54. The van der Waals surface area contributed by atoms with Crippen molar-refractivity contribution in [1.29, 1.82) is 0 Å². The number of para-hydroxylation sites is 1. The van der Waals surface area contributed by atoms with Gasteiger partial charge in [-0.15, -0.1) is 11.3 Å². The second kappa shape index (κ2) is 6.58. The summed E-state index contributed by atoms with van der Waals surface area (Å²) < 4.78 is 6.13. The molecule has 1 atom stereocenters. The van der Waals surface area contributed by atoms with E-state index in [0.717, 1.165) is 10.2 Å². The van der Waals surface area contributed by atoms with Gasteiger partial charge in [0.2, 0.25) is 0 Å². The molecule has 1 unspecified atom stereocenters. The number of ether oxygens (including phenoxy) is 1. The molecule has 1 aromatic heterocycles. The predicted octanol–water partition coefficient (Wildman–Crippen LogP) is 3.48.